The van der Waals surface area contributed by atoms with Gasteiger partial charge < -0.3 is 10.8 Å². The van der Waals surface area contributed by atoms with Crippen molar-refractivity contribution in [3.63, 3.8) is 0 Å². The fourth-order valence-electron chi connectivity index (χ4n) is 1.28. The van der Waals surface area contributed by atoms with Crippen LogP contribution in [-0.4, -0.2) is 17.6 Å². The van der Waals surface area contributed by atoms with Gasteiger partial charge in [-0.2, -0.15) is 0 Å². The lowest BCUT2D eigenvalue weighted by molar-refractivity contribution is -0.142. The summed E-state index contributed by atoms with van der Waals surface area (Å²) in [6.07, 6.45) is 2.28. The molecule has 0 saturated heterocycles. The molecule has 0 radical (unpaired) electrons. The molecule has 0 rings (SSSR count). The molecule has 72 valence electrons. The minimum absolute atomic E-state index is 0.200. The molecule has 1 unspecified atom stereocenters. The van der Waals surface area contributed by atoms with Crippen molar-refractivity contribution in [1.29, 1.82) is 0 Å². The number of rotatable bonds is 6. The molecule has 0 bridgehead atoms. The topological polar surface area (TPSA) is 63.3 Å². The lowest BCUT2D eigenvalue weighted by Gasteiger charge is -2.13. The van der Waals surface area contributed by atoms with Crippen LogP contribution in [0.5, 0.6) is 0 Å². The van der Waals surface area contributed by atoms with E-state index in [0.29, 0.717) is 18.9 Å². The van der Waals surface area contributed by atoms with E-state index < -0.39 is 5.97 Å². The van der Waals surface area contributed by atoms with Crippen molar-refractivity contribution >= 4 is 5.97 Å². The van der Waals surface area contributed by atoms with Crippen LogP contribution in [-0.2, 0) is 4.79 Å². The smallest absolute Gasteiger partial charge is 0.306 e. The first-order valence-electron chi connectivity index (χ1n) is 4.50. The monoisotopic (exact) mass is 173 g/mol. The highest BCUT2D eigenvalue weighted by atomic mass is 16.4. The Labute approximate surface area is 74.0 Å². The summed E-state index contributed by atoms with van der Waals surface area (Å²) in [5.74, 6) is -0.436. The highest BCUT2D eigenvalue weighted by molar-refractivity contribution is 5.69. The third-order valence-corrected chi connectivity index (χ3v) is 1.86. The van der Waals surface area contributed by atoms with Crippen molar-refractivity contribution in [2.24, 2.45) is 17.6 Å². The van der Waals surface area contributed by atoms with Crippen LogP contribution in [0.1, 0.15) is 33.1 Å². The van der Waals surface area contributed by atoms with Crippen LogP contribution in [0.15, 0.2) is 0 Å². The zero-order chi connectivity index (χ0) is 9.56. The van der Waals surface area contributed by atoms with Gasteiger partial charge in [-0.1, -0.05) is 13.8 Å². The Balaban J connectivity index is 3.78. The van der Waals surface area contributed by atoms with Crippen molar-refractivity contribution in [3.05, 3.63) is 0 Å². The molecule has 0 saturated carbocycles. The molecule has 0 aromatic carbocycles. The van der Waals surface area contributed by atoms with Gasteiger partial charge >= 0.3 is 5.97 Å². The Morgan fingerprint density at radius 2 is 2.08 bits per heavy atom. The molecule has 0 aliphatic carbocycles. The maximum atomic E-state index is 10.7. The van der Waals surface area contributed by atoms with E-state index in [2.05, 4.69) is 0 Å². The molecular weight excluding hydrogens is 154 g/mol. The molecule has 1 atom stereocenters. The van der Waals surface area contributed by atoms with E-state index in [1.807, 2.05) is 13.8 Å². The Kier molecular flexibility index (Phi) is 5.72. The standard InChI is InChI=1S/C9H19NO2/c1-7(2)6-8(9(11)12)4-3-5-10/h7-8H,3-6,10H2,1-2H3,(H,11,12). The predicted octanol–water partition coefficient (Wildman–Crippen LogP) is 1.47. The van der Waals surface area contributed by atoms with Gasteiger partial charge in [-0.05, 0) is 31.7 Å². The molecule has 0 aromatic rings. The van der Waals surface area contributed by atoms with Crippen molar-refractivity contribution in [2.45, 2.75) is 33.1 Å². The number of carboxylic acids is 1. The highest BCUT2D eigenvalue weighted by Crippen LogP contribution is 2.16. The molecule has 0 aromatic heterocycles. The number of hydrogen-bond donors (Lipinski definition) is 2. The van der Waals surface area contributed by atoms with Crippen LogP contribution in [0, 0.1) is 11.8 Å². The zero-order valence-electron chi connectivity index (χ0n) is 7.92. The number of carbonyl (C=O) groups is 1. The summed E-state index contributed by atoms with van der Waals surface area (Å²) in [7, 11) is 0. The van der Waals surface area contributed by atoms with Crippen LogP contribution >= 0.6 is 0 Å². The molecule has 3 nitrogen and oxygen atoms in total. The van der Waals surface area contributed by atoms with E-state index in [1.165, 1.54) is 0 Å². The lowest BCUT2D eigenvalue weighted by Crippen LogP contribution is -2.17. The molecule has 0 aliphatic rings. The van der Waals surface area contributed by atoms with Crippen LogP contribution in [0.2, 0.25) is 0 Å². The molecule has 0 aliphatic heterocycles. The predicted molar refractivity (Wildman–Crippen MR) is 48.9 cm³/mol. The first kappa shape index (κ1) is 11.4. The fourth-order valence-corrected chi connectivity index (χ4v) is 1.28. The van der Waals surface area contributed by atoms with E-state index >= 15 is 0 Å². The van der Waals surface area contributed by atoms with Crippen molar-refractivity contribution in [1.82, 2.24) is 0 Å². The van der Waals surface area contributed by atoms with Gasteiger partial charge in [-0.15, -0.1) is 0 Å². The van der Waals surface area contributed by atoms with E-state index in [9.17, 15) is 4.79 Å². The van der Waals surface area contributed by atoms with E-state index in [4.69, 9.17) is 10.8 Å². The number of nitrogens with two attached hydrogens (primary N) is 1. The summed E-state index contributed by atoms with van der Waals surface area (Å²) in [4.78, 5) is 10.7. The second-order valence-electron chi connectivity index (χ2n) is 3.60. The Morgan fingerprint density at radius 3 is 2.42 bits per heavy atom. The van der Waals surface area contributed by atoms with Crippen LogP contribution in [0.4, 0.5) is 0 Å². The SMILES string of the molecule is CC(C)CC(CCCN)C(=O)O. The van der Waals surface area contributed by atoms with Gasteiger partial charge in [0.05, 0.1) is 5.92 Å². The first-order valence-corrected chi connectivity index (χ1v) is 4.50. The van der Waals surface area contributed by atoms with E-state index in [-0.39, 0.29) is 5.92 Å². The molecule has 0 fully saturated rings. The number of hydrogen-bond acceptors (Lipinski definition) is 2. The minimum Gasteiger partial charge on any atom is -0.481 e. The molecule has 0 heterocycles. The van der Waals surface area contributed by atoms with Gasteiger partial charge in [0.15, 0.2) is 0 Å². The second kappa shape index (κ2) is 6.00. The van der Waals surface area contributed by atoms with Gasteiger partial charge in [-0.3, -0.25) is 4.79 Å². The average molecular weight is 173 g/mol. The van der Waals surface area contributed by atoms with Crippen molar-refractivity contribution in [2.75, 3.05) is 6.54 Å². The van der Waals surface area contributed by atoms with Crippen LogP contribution in [0.3, 0.4) is 0 Å². The zero-order valence-corrected chi connectivity index (χ0v) is 7.92. The highest BCUT2D eigenvalue weighted by Gasteiger charge is 2.17. The minimum atomic E-state index is -0.683. The van der Waals surface area contributed by atoms with Gasteiger partial charge in [0.2, 0.25) is 0 Å². The first-order chi connectivity index (χ1) is 5.57. The van der Waals surface area contributed by atoms with E-state index in [0.717, 1.165) is 12.8 Å². The van der Waals surface area contributed by atoms with Gasteiger partial charge in [0.1, 0.15) is 0 Å². The quantitative estimate of drug-likeness (QED) is 0.639. The summed E-state index contributed by atoms with van der Waals surface area (Å²) < 4.78 is 0. The van der Waals surface area contributed by atoms with Gasteiger partial charge in [-0.25, -0.2) is 0 Å². The third-order valence-electron chi connectivity index (χ3n) is 1.86. The van der Waals surface area contributed by atoms with Gasteiger partial charge in [0.25, 0.3) is 0 Å². The van der Waals surface area contributed by atoms with Crippen molar-refractivity contribution in [3.8, 4) is 0 Å². The Hall–Kier alpha value is -0.570. The number of carboxylic acid groups (broad SMARTS) is 1. The van der Waals surface area contributed by atoms with E-state index in [1.54, 1.807) is 0 Å². The average Bonchev–Trinajstić information content (AvgIpc) is 1.96. The largest absolute Gasteiger partial charge is 0.481 e. The maximum absolute atomic E-state index is 10.7. The maximum Gasteiger partial charge on any atom is 0.306 e. The molecule has 3 heteroatoms. The fraction of sp³-hybridized carbons (Fsp3) is 0.889. The number of aliphatic carboxylic acids is 1. The van der Waals surface area contributed by atoms with Crippen molar-refractivity contribution < 1.29 is 9.90 Å². The second-order valence-corrected chi connectivity index (χ2v) is 3.60. The van der Waals surface area contributed by atoms with Gasteiger partial charge in [0, 0.05) is 0 Å². The third kappa shape index (κ3) is 5.13. The lowest BCUT2D eigenvalue weighted by atomic mass is 9.93. The van der Waals surface area contributed by atoms with Crippen LogP contribution in [0.25, 0.3) is 0 Å². The molecule has 12 heavy (non-hydrogen) atoms. The summed E-state index contributed by atoms with van der Waals surface area (Å²) in [6, 6.07) is 0. The summed E-state index contributed by atoms with van der Waals surface area (Å²) in [5, 5.41) is 8.81. The molecule has 3 N–H and O–H groups in total. The molecule has 0 amide bonds. The Bertz CT molecular complexity index is 134. The van der Waals surface area contributed by atoms with Crippen LogP contribution < -0.4 is 5.73 Å². The summed E-state index contributed by atoms with van der Waals surface area (Å²) >= 11 is 0. The normalized spacial score (nSPS) is 13.3. The molecule has 0 spiro atoms. The summed E-state index contributed by atoms with van der Waals surface area (Å²) in [5.41, 5.74) is 5.31. The Morgan fingerprint density at radius 1 is 1.50 bits per heavy atom. The summed E-state index contributed by atoms with van der Waals surface area (Å²) in [6.45, 7) is 4.67. The molecular formula is C9H19NO2.